The van der Waals surface area contributed by atoms with Crippen LogP contribution in [0, 0.1) is 0 Å². The maximum atomic E-state index is 9.53. The normalized spacial score (nSPS) is 9.86. The fraction of sp³-hybridized carbons (Fsp3) is 0. The van der Waals surface area contributed by atoms with Crippen molar-refractivity contribution in [2.45, 2.75) is 0 Å². The van der Waals surface area contributed by atoms with Gasteiger partial charge in [0, 0.05) is 42.6 Å². The van der Waals surface area contributed by atoms with E-state index in [0.29, 0.717) is 31.9 Å². The van der Waals surface area contributed by atoms with Gasteiger partial charge in [-0.1, -0.05) is 46.4 Å². The van der Waals surface area contributed by atoms with E-state index in [-0.39, 0.29) is 51.1 Å². The average Bonchev–Trinajstić information content (AvgIpc) is 2.65. The summed E-state index contributed by atoms with van der Waals surface area (Å²) in [4.78, 5) is 7.97. The molecule has 0 unspecified atom stereocenters. The quantitative estimate of drug-likeness (QED) is 0.307. The van der Waals surface area contributed by atoms with Gasteiger partial charge < -0.3 is 10.2 Å². The maximum Gasteiger partial charge on any atom is 0 e. The zero-order valence-corrected chi connectivity index (χ0v) is 19.6. The Morgan fingerprint density at radius 1 is 0.643 bits per heavy atom. The molecule has 0 aliphatic heterocycles. The van der Waals surface area contributed by atoms with Gasteiger partial charge in [-0.05, 0) is 36.4 Å². The summed E-state index contributed by atoms with van der Waals surface area (Å²) in [6.07, 6.45) is 3.16. The van der Waals surface area contributed by atoms with Crippen LogP contribution in [0.4, 0.5) is 0 Å². The van der Waals surface area contributed by atoms with Gasteiger partial charge in [-0.3, -0.25) is 9.97 Å². The van der Waals surface area contributed by atoms with Gasteiger partial charge >= 0.3 is 10.1 Å². The predicted molar refractivity (Wildman–Crippen MR) is 115 cm³/mol. The number of phenolic OH excluding ortho intramolecular Hbond substituents is 2. The van der Waals surface area contributed by atoms with E-state index >= 15 is 0 Å². The molecule has 2 aromatic carbocycles. The van der Waals surface area contributed by atoms with Crippen molar-refractivity contribution in [3.05, 3.63) is 68.9 Å². The molecule has 4 aromatic rings. The van der Waals surface area contributed by atoms with Crippen molar-refractivity contribution >= 4 is 78.3 Å². The van der Waals surface area contributed by atoms with Crippen molar-refractivity contribution < 1.29 is 29.7 Å². The van der Waals surface area contributed by atoms with Crippen molar-refractivity contribution in [1.29, 1.82) is 0 Å². The van der Waals surface area contributed by atoms with Crippen LogP contribution >= 0.6 is 46.4 Å². The Morgan fingerprint density at radius 2 is 1.00 bits per heavy atom. The summed E-state index contributed by atoms with van der Waals surface area (Å²) < 4.78 is 0. The molecule has 0 spiro atoms. The Hall–Kier alpha value is -1.19. The van der Waals surface area contributed by atoms with Crippen molar-refractivity contribution in [2.24, 2.45) is 0 Å². The van der Waals surface area contributed by atoms with Crippen LogP contribution in [0.5, 0.6) is 11.5 Å². The van der Waals surface area contributed by atoms with Gasteiger partial charge in [0.25, 0.3) is 0 Å². The third-order valence-electron chi connectivity index (χ3n) is 3.54. The number of hydrogen-bond donors (Lipinski definition) is 2. The molecule has 0 atom stereocenters. The van der Waals surface area contributed by atoms with E-state index in [1.54, 1.807) is 36.7 Å². The second-order valence-electron chi connectivity index (χ2n) is 5.18. The number of halogens is 4. The minimum absolute atomic E-state index is 0. The number of aromatic nitrogens is 2. The Morgan fingerprint density at radius 3 is 1.36 bits per heavy atom. The van der Waals surface area contributed by atoms with Gasteiger partial charge in [0.15, 0.2) is 11.5 Å². The molecule has 0 amide bonds. The first kappa shape index (κ1) is 24.8. The van der Waals surface area contributed by atoms with Gasteiger partial charge in [0.2, 0.25) is 0 Å². The van der Waals surface area contributed by atoms with Gasteiger partial charge in [0.1, 0.15) is 11.0 Å². The number of hydrogen-bond acceptors (Lipinski definition) is 4. The summed E-state index contributed by atoms with van der Waals surface area (Å²) in [5, 5.41) is 21.9. The number of nitrogens with zero attached hydrogens (tertiary/aromatic N) is 2. The van der Waals surface area contributed by atoms with Gasteiger partial charge in [-0.15, -0.1) is 0 Å². The van der Waals surface area contributed by atoms with Gasteiger partial charge in [-0.2, -0.15) is 0 Å². The molecule has 0 fully saturated rings. The average molecular weight is 505 g/mol. The molecule has 4 nitrogen and oxygen atoms in total. The van der Waals surface area contributed by atoms with Crippen LogP contribution < -0.4 is 0 Å². The SMILES string of the molecule is Oc1c(Cl)cc(Cl)c2cccnc12.Oc1c(Cl)cc(Cl)c2cccnc12.[BeH2].[Zn]. The summed E-state index contributed by atoms with van der Waals surface area (Å²) in [5.74, 6) is -0.0525. The standard InChI is InChI=1S/2C9H5Cl2NO.Be.Zn.2H/c2*10-6-4-7(11)9(13)8-5(6)2-1-3-12-8;;;;/h2*1-4,13H;;;;. The summed E-state index contributed by atoms with van der Waals surface area (Å²) in [5.41, 5.74) is 0.861. The number of pyridine rings is 2. The molecule has 0 aliphatic rings. The van der Waals surface area contributed by atoms with Gasteiger partial charge in [0.05, 0.1) is 20.1 Å². The van der Waals surface area contributed by atoms with Gasteiger partial charge in [-0.25, -0.2) is 0 Å². The molecule has 2 heterocycles. The van der Waals surface area contributed by atoms with Crippen molar-refractivity contribution in [2.75, 3.05) is 0 Å². The number of aromatic hydroxyl groups is 2. The van der Waals surface area contributed by atoms with E-state index in [1.165, 1.54) is 12.1 Å². The van der Waals surface area contributed by atoms with E-state index in [0.717, 1.165) is 0 Å². The molecule has 0 bridgehead atoms. The molecule has 0 radical (unpaired) electrons. The monoisotopic (exact) mass is 501 g/mol. The Labute approximate surface area is 197 Å². The first-order chi connectivity index (χ1) is 12.4. The topological polar surface area (TPSA) is 66.2 Å². The molecule has 10 heteroatoms. The van der Waals surface area contributed by atoms with Crippen LogP contribution in [0.1, 0.15) is 0 Å². The summed E-state index contributed by atoms with van der Waals surface area (Å²) in [7, 11) is 0. The second kappa shape index (κ2) is 10.5. The van der Waals surface area contributed by atoms with Crippen LogP contribution in [-0.4, -0.2) is 30.3 Å². The largest absolute Gasteiger partial charge is 0 e. The first-order valence-corrected chi connectivity index (χ1v) is 8.74. The van der Waals surface area contributed by atoms with Crippen LogP contribution in [-0.2, 0) is 19.5 Å². The molecule has 0 saturated carbocycles. The minimum Gasteiger partial charge on any atom is 0 e. The molecule has 0 aliphatic carbocycles. The van der Waals surface area contributed by atoms with E-state index in [1.807, 2.05) is 0 Å². The molecule has 4 rings (SSSR count). The zero-order valence-electron chi connectivity index (χ0n) is 13.6. The van der Waals surface area contributed by atoms with Crippen LogP contribution in [0.2, 0.25) is 20.1 Å². The zero-order chi connectivity index (χ0) is 18.8. The van der Waals surface area contributed by atoms with Crippen LogP contribution in [0.15, 0.2) is 48.8 Å². The number of benzene rings is 2. The molecular formula is C18H12BeCl4N2O2Zn. The Bertz CT molecular complexity index is 1040. The van der Waals surface area contributed by atoms with E-state index in [2.05, 4.69) is 9.97 Å². The van der Waals surface area contributed by atoms with E-state index in [4.69, 9.17) is 46.4 Å². The molecule has 2 N–H and O–H groups in total. The third kappa shape index (κ3) is 5.04. The summed E-state index contributed by atoms with van der Waals surface area (Å²) in [6.45, 7) is 0. The van der Waals surface area contributed by atoms with Crippen molar-refractivity contribution in [1.82, 2.24) is 9.97 Å². The first-order valence-electron chi connectivity index (χ1n) is 7.23. The third-order valence-corrected chi connectivity index (χ3v) is 4.74. The Kier molecular flexibility index (Phi) is 9.36. The second-order valence-corrected chi connectivity index (χ2v) is 6.81. The molecular weight excluding hydrogens is 492 g/mol. The fourth-order valence-corrected chi connectivity index (χ4v) is 3.35. The molecule has 2 aromatic heterocycles. The van der Waals surface area contributed by atoms with Crippen molar-refractivity contribution in [3.8, 4) is 11.5 Å². The minimum atomic E-state index is -0.0262. The molecule has 0 saturated heterocycles. The predicted octanol–water partition coefficient (Wildman–Crippen LogP) is 5.58. The van der Waals surface area contributed by atoms with Crippen LogP contribution in [0.25, 0.3) is 21.8 Å². The molecule has 138 valence electrons. The Balaban J connectivity index is 0.000000261. The maximum absolute atomic E-state index is 9.53. The fourth-order valence-electron chi connectivity index (χ4n) is 2.31. The number of phenols is 2. The van der Waals surface area contributed by atoms with E-state index in [9.17, 15) is 10.2 Å². The number of fused-ring (bicyclic) bond motifs is 2. The van der Waals surface area contributed by atoms with Crippen LogP contribution in [0.3, 0.4) is 0 Å². The number of rotatable bonds is 0. The van der Waals surface area contributed by atoms with E-state index < -0.39 is 0 Å². The summed E-state index contributed by atoms with van der Waals surface area (Å²) >= 11 is 23.2. The smallest absolute Gasteiger partial charge is 0 e. The molecule has 28 heavy (non-hydrogen) atoms. The summed E-state index contributed by atoms with van der Waals surface area (Å²) in [6, 6.07) is 10.1. The van der Waals surface area contributed by atoms with Crippen molar-refractivity contribution in [3.63, 3.8) is 0 Å².